The average molecular weight is 200 g/mol. The quantitative estimate of drug-likeness (QED) is 0.732. The fourth-order valence-corrected chi connectivity index (χ4v) is 1.37. The van der Waals surface area contributed by atoms with Gasteiger partial charge in [0.1, 0.15) is 0 Å². The minimum atomic E-state index is -0.174. The highest BCUT2D eigenvalue weighted by atomic mass is 32.1. The molecule has 0 spiro atoms. The van der Waals surface area contributed by atoms with E-state index in [-0.39, 0.29) is 5.97 Å². The molecule has 1 N–H and O–H groups in total. The molecule has 0 saturated carbocycles. The zero-order valence-electron chi connectivity index (χ0n) is 7.45. The van der Waals surface area contributed by atoms with Crippen LogP contribution in [0.3, 0.4) is 0 Å². The van der Waals surface area contributed by atoms with Crippen LogP contribution in [0.5, 0.6) is 0 Å². The molecule has 1 rings (SSSR count). The highest BCUT2D eigenvalue weighted by Crippen LogP contribution is 2.09. The summed E-state index contributed by atoms with van der Waals surface area (Å²) in [6.45, 7) is 2.81. The van der Waals surface area contributed by atoms with E-state index in [0.717, 1.165) is 5.13 Å². The number of anilines is 1. The zero-order chi connectivity index (χ0) is 9.52. The number of nitrogens with one attached hydrogen (secondary N) is 1. The molecule has 1 heterocycles. The van der Waals surface area contributed by atoms with Crippen LogP contribution < -0.4 is 5.32 Å². The van der Waals surface area contributed by atoms with Crippen LogP contribution in [0.4, 0.5) is 5.13 Å². The maximum absolute atomic E-state index is 10.9. The maximum Gasteiger partial charge on any atom is 0.307 e. The van der Waals surface area contributed by atoms with Crippen LogP contribution >= 0.6 is 11.3 Å². The standard InChI is InChI=1S/C8H12N2O2S/c1-2-12-7(11)3-4-9-8-10-5-6-13-8/h5-6H,2-4H2,1H3,(H,9,10). The van der Waals surface area contributed by atoms with E-state index in [1.807, 2.05) is 5.38 Å². The second kappa shape index (κ2) is 5.53. The molecular weight excluding hydrogens is 188 g/mol. The number of hydrogen-bond donors (Lipinski definition) is 1. The highest BCUT2D eigenvalue weighted by Gasteiger charge is 2.00. The van der Waals surface area contributed by atoms with Gasteiger partial charge in [0.15, 0.2) is 5.13 Å². The number of carbonyl (C=O) groups excluding carboxylic acids is 1. The van der Waals surface area contributed by atoms with Crippen LogP contribution in [0.15, 0.2) is 11.6 Å². The Hall–Kier alpha value is -1.10. The summed E-state index contributed by atoms with van der Waals surface area (Å²) < 4.78 is 4.77. The second-order valence-corrected chi connectivity index (χ2v) is 3.21. The molecule has 0 radical (unpaired) electrons. The summed E-state index contributed by atoms with van der Waals surface area (Å²) in [5.41, 5.74) is 0. The first-order valence-electron chi connectivity index (χ1n) is 4.12. The van der Waals surface area contributed by atoms with E-state index in [9.17, 15) is 4.79 Å². The van der Waals surface area contributed by atoms with Crippen LogP contribution in [-0.4, -0.2) is 24.1 Å². The molecule has 0 bridgehead atoms. The lowest BCUT2D eigenvalue weighted by Gasteiger charge is -2.02. The van der Waals surface area contributed by atoms with Gasteiger partial charge in [-0.25, -0.2) is 4.98 Å². The van der Waals surface area contributed by atoms with Gasteiger partial charge in [0.25, 0.3) is 0 Å². The Morgan fingerprint density at radius 1 is 1.77 bits per heavy atom. The van der Waals surface area contributed by atoms with Crippen molar-refractivity contribution in [3.05, 3.63) is 11.6 Å². The van der Waals surface area contributed by atoms with Crippen molar-refractivity contribution >= 4 is 22.4 Å². The molecule has 4 nitrogen and oxygen atoms in total. The fourth-order valence-electron chi connectivity index (χ4n) is 0.815. The molecule has 0 aliphatic heterocycles. The van der Waals surface area contributed by atoms with E-state index in [1.165, 1.54) is 11.3 Å². The van der Waals surface area contributed by atoms with Gasteiger partial charge in [0, 0.05) is 18.1 Å². The third-order valence-electron chi connectivity index (χ3n) is 1.34. The molecular formula is C8H12N2O2S. The van der Waals surface area contributed by atoms with Crippen LogP contribution in [0.2, 0.25) is 0 Å². The second-order valence-electron chi connectivity index (χ2n) is 2.32. The summed E-state index contributed by atoms with van der Waals surface area (Å²) >= 11 is 1.51. The van der Waals surface area contributed by atoms with Gasteiger partial charge in [-0.05, 0) is 6.92 Å². The molecule has 1 aromatic heterocycles. The lowest BCUT2D eigenvalue weighted by molar-refractivity contribution is -0.142. The minimum absolute atomic E-state index is 0.174. The molecule has 0 fully saturated rings. The largest absolute Gasteiger partial charge is 0.466 e. The van der Waals surface area contributed by atoms with Crippen molar-refractivity contribution in [1.29, 1.82) is 0 Å². The summed E-state index contributed by atoms with van der Waals surface area (Å²) in [4.78, 5) is 14.9. The van der Waals surface area contributed by atoms with Crippen LogP contribution in [0.1, 0.15) is 13.3 Å². The van der Waals surface area contributed by atoms with Crippen molar-refractivity contribution in [1.82, 2.24) is 4.98 Å². The van der Waals surface area contributed by atoms with Crippen molar-refractivity contribution in [3.8, 4) is 0 Å². The Balaban J connectivity index is 2.11. The number of aromatic nitrogens is 1. The van der Waals surface area contributed by atoms with E-state index in [2.05, 4.69) is 10.3 Å². The Bertz CT molecular complexity index is 249. The molecule has 0 amide bonds. The number of rotatable bonds is 5. The third-order valence-corrected chi connectivity index (χ3v) is 2.07. The van der Waals surface area contributed by atoms with E-state index in [4.69, 9.17) is 4.74 Å². The zero-order valence-corrected chi connectivity index (χ0v) is 8.26. The SMILES string of the molecule is CCOC(=O)CCNc1nccs1. The molecule has 13 heavy (non-hydrogen) atoms. The minimum Gasteiger partial charge on any atom is -0.466 e. The summed E-state index contributed by atoms with van der Waals surface area (Å²) in [6, 6.07) is 0. The number of thiazole rings is 1. The van der Waals surface area contributed by atoms with Crippen molar-refractivity contribution in [3.63, 3.8) is 0 Å². The summed E-state index contributed by atoms with van der Waals surface area (Å²) in [6.07, 6.45) is 2.10. The first-order valence-corrected chi connectivity index (χ1v) is 5.00. The summed E-state index contributed by atoms with van der Waals surface area (Å²) in [5.74, 6) is -0.174. The predicted octanol–water partition coefficient (Wildman–Crippen LogP) is 1.51. The van der Waals surface area contributed by atoms with Crippen LogP contribution in [0, 0.1) is 0 Å². The van der Waals surface area contributed by atoms with E-state index in [1.54, 1.807) is 13.1 Å². The van der Waals surface area contributed by atoms with Gasteiger partial charge in [-0.3, -0.25) is 4.79 Å². The Kier molecular flexibility index (Phi) is 4.25. The van der Waals surface area contributed by atoms with Crippen molar-refractivity contribution in [2.75, 3.05) is 18.5 Å². The van der Waals surface area contributed by atoms with Gasteiger partial charge in [-0.15, -0.1) is 11.3 Å². The molecule has 0 aromatic carbocycles. The number of ether oxygens (including phenoxy) is 1. The van der Waals surface area contributed by atoms with Crippen molar-refractivity contribution < 1.29 is 9.53 Å². The van der Waals surface area contributed by atoms with Gasteiger partial charge in [-0.2, -0.15) is 0 Å². The molecule has 1 aromatic rings. The molecule has 72 valence electrons. The molecule has 0 atom stereocenters. The number of hydrogen-bond acceptors (Lipinski definition) is 5. The average Bonchev–Trinajstić information content (AvgIpc) is 2.57. The van der Waals surface area contributed by atoms with E-state index < -0.39 is 0 Å². The van der Waals surface area contributed by atoms with Gasteiger partial charge < -0.3 is 10.1 Å². The van der Waals surface area contributed by atoms with Gasteiger partial charge >= 0.3 is 5.97 Å². The number of nitrogens with zero attached hydrogens (tertiary/aromatic N) is 1. The molecule has 0 unspecified atom stereocenters. The molecule has 0 aliphatic rings. The third kappa shape index (κ3) is 3.89. The Morgan fingerprint density at radius 3 is 3.23 bits per heavy atom. The van der Waals surface area contributed by atoms with Gasteiger partial charge in [0.05, 0.1) is 13.0 Å². The first-order chi connectivity index (χ1) is 6.33. The number of esters is 1. The van der Waals surface area contributed by atoms with E-state index in [0.29, 0.717) is 19.6 Å². The Morgan fingerprint density at radius 2 is 2.62 bits per heavy atom. The summed E-state index contributed by atoms with van der Waals surface area (Å²) in [7, 11) is 0. The summed E-state index contributed by atoms with van der Waals surface area (Å²) in [5, 5.41) is 5.74. The maximum atomic E-state index is 10.9. The highest BCUT2D eigenvalue weighted by molar-refractivity contribution is 7.13. The monoisotopic (exact) mass is 200 g/mol. The van der Waals surface area contributed by atoms with Gasteiger partial charge in [-0.1, -0.05) is 0 Å². The van der Waals surface area contributed by atoms with Gasteiger partial charge in [0.2, 0.25) is 0 Å². The normalized spacial score (nSPS) is 9.62. The molecule has 0 saturated heterocycles. The number of carbonyl (C=O) groups is 1. The van der Waals surface area contributed by atoms with Crippen molar-refractivity contribution in [2.45, 2.75) is 13.3 Å². The van der Waals surface area contributed by atoms with Crippen LogP contribution in [0.25, 0.3) is 0 Å². The molecule has 5 heteroatoms. The molecule has 0 aliphatic carbocycles. The Labute approximate surface area is 80.9 Å². The smallest absolute Gasteiger partial charge is 0.307 e. The first kappa shape index (κ1) is 9.98. The van der Waals surface area contributed by atoms with E-state index >= 15 is 0 Å². The topological polar surface area (TPSA) is 51.2 Å². The lowest BCUT2D eigenvalue weighted by Crippen LogP contribution is -2.11. The van der Waals surface area contributed by atoms with Crippen LogP contribution in [-0.2, 0) is 9.53 Å². The predicted molar refractivity (Wildman–Crippen MR) is 51.9 cm³/mol. The fraction of sp³-hybridized carbons (Fsp3) is 0.500. The lowest BCUT2D eigenvalue weighted by atomic mass is 10.4. The van der Waals surface area contributed by atoms with Crippen molar-refractivity contribution in [2.24, 2.45) is 0 Å².